The fourth-order valence-electron chi connectivity index (χ4n) is 1.08. The third-order valence-electron chi connectivity index (χ3n) is 2.02. The molecule has 0 heterocycles. The molecular formula is C12H18O12. The summed E-state index contributed by atoms with van der Waals surface area (Å²) in [6, 6.07) is 0. The first-order valence-corrected chi connectivity index (χ1v) is 6.31. The fraction of sp³-hybridized carbons (Fsp3) is 0.583. The van der Waals surface area contributed by atoms with Gasteiger partial charge in [0.1, 0.15) is 20.4 Å². The van der Waals surface area contributed by atoms with Crippen LogP contribution in [0.25, 0.3) is 0 Å². The van der Waals surface area contributed by atoms with E-state index in [-0.39, 0.29) is 0 Å². The molecule has 0 bridgehead atoms. The second kappa shape index (κ2) is 14.5. The van der Waals surface area contributed by atoms with Crippen LogP contribution in [0.4, 0.5) is 0 Å². The van der Waals surface area contributed by atoms with Crippen LogP contribution >= 0.6 is 0 Å². The summed E-state index contributed by atoms with van der Waals surface area (Å²) in [5, 5.41) is 25.1. The SMILES string of the molecule is O=C(/C=C(/CC(=O)OCOCO)C(=O)OCOCO)OCOCO. The van der Waals surface area contributed by atoms with Crippen molar-refractivity contribution in [3.63, 3.8) is 0 Å². The number of aliphatic hydroxyl groups excluding tert-OH is 3. The minimum Gasteiger partial charge on any atom is -0.438 e. The topological polar surface area (TPSA) is 167 Å². The second-order valence-corrected chi connectivity index (χ2v) is 3.61. The lowest BCUT2D eigenvalue weighted by molar-refractivity contribution is -0.166. The van der Waals surface area contributed by atoms with Crippen molar-refractivity contribution in [2.24, 2.45) is 0 Å². The van der Waals surface area contributed by atoms with Gasteiger partial charge in [-0.2, -0.15) is 0 Å². The van der Waals surface area contributed by atoms with Gasteiger partial charge < -0.3 is 43.7 Å². The minimum atomic E-state index is -1.09. The number of esters is 3. The molecule has 0 aliphatic carbocycles. The molecule has 0 amide bonds. The van der Waals surface area contributed by atoms with Gasteiger partial charge in [-0.25, -0.2) is 9.59 Å². The van der Waals surface area contributed by atoms with Crippen LogP contribution in [-0.2, 0) is 42.8 Å². The molecule has 3 N–H and O–H groups in total. The summed E-state index contributed by atoms with van der Waals surface area (Å²) in [7, 11) is 0. The van der Waals surface area contributed by atoms with E-state index in [0.29, 0.717) is 6.08 Å². The molecule has 0 unspecified atom stereocenters. The molecule has 0 rings (SSSR count). The number of carbonyl (C=O) groups is 3. The molecule has 12 nitrogen and oxygen atoms in total. The first-order chi connectivity index (χ1) is 11.5. The van der Waals surface area contributed by atoms with Crippen molar-refractivity contribution in [1.29, 1.82) is 0 Å². The molecule has 0 atom stereocenters. The first kappa shape index (κ1) is 21.9. The van der Waals surface area contributed by atoms with Crippen LogP contribution in [0.3, 0.4) is 0 Å². The number of rotatable bonds is 13. The third kappa shape index (κ3) is 11.5. The van der Waals surface area contributed by atoms with E-state index >= 15 is 0 Å². The molecule has 0 aromatic carbocycles. The first-order valence-electron chi connectivity index (χ1n) is 6.31. The monoisotopic (exact) mass is 354 g/mol. The van der Waals surface area contributed by atoms with Gasteiger partial charge in [0.05, 0.1) is 12.0 Å². The highest BCUT2D eigenvalue weighted by Gasteiger charge is 2.19. The predicted molar refractivity (Wildman–Crippen MR) is 70.1 cm³/mol. The van der Waals surface area contributed by atoms with Gasteiger partial charge in [0.15, 0.2) is 20.4 Å². The molecule has 0 radical (unpaired) electrons. The van der Waals surface area contributed by atoms with Crippen LogP contribution in [-0.4, -0.2) is 74.0 Å². The Morgan fingerprint density at radius 3 is 1.79 bits per heavy atom. The fourth-order valence-corrected chi connectivity index (χ4v) is 1.08. The van der Waals surface area contributed by atoms with Crippen molar-refractivity contribution in [3.8, 4) is 0 Å². The highest BCUT2D eigenvalue weighted by Crippen LogP contribution is 2.07. The highest BCUT2D eigenvalue weighted by molar-refractivity contribution is 5.99. The molecule has 24 heavy (non-hydrogen) atoms. The van der Waals surface area contributed by atoms with Gasteiger partial charge >= 0.3 is 17.9 Å². The molecule has 0 aromatic heterocycles. The molecule has 12 heteroatoms. The van der Waals surface area contributed by atoms with Crippen molar-refractivity contribution in [2.45, 2.75) is 6.42 Å². The maximum atomic E-state index is 11.7. The Morgan fingerprint density at radius 2 is 1.25 bits per heavy atom. The zero-order chi connectivity index (χ0) is 18.2. The summed E-state index contributed by atoms with van der Waals surface area (Å²) >= 11 is 0. The van der Waals surface area contributed by atoms with E-state index in [0.717, 1.165) is 0 Å². The summed E-state index contributed by atoms with van der Waals surface area (Å²) in [6.45, 7) is -3.79. The van der Waals surface area contributed by atoms with Crippen molar-refractivity contribution in [3.05, 3.63) is 11.6 Å². The largest absolute Gasteiger partial charge is 0.438 e. The van der Waals surface area contributed by atoms with Gasteiger partial charge in [-0.1, -0.05) is 0 Å². The molecule has 0 aliphatic heterocycles. The molecule has 0 aliphatic rings. The van der Waals surface area contributed by atoms with E-state index < -0.39 is 70.7 Å². The minimum absolute atomic E-state index is 0.431. The third-order valence-corrected chi connectivity index (χ3v) is 2.02. The number of aliphatic hydroxyl groups is 3. The quantitative estimate of drug-likeness (QED) is 0.107. The molecule has 0 spiro atoms. The van der Waals surface area contributed by atoms with Gasteiger partial charge in [-0.05, 0) is 0 Å². The molecule has 0 fully saturated rings. The molecular weight excluding hydrogens is 336 g/mol. The van der Waals surface area contributed by atoms with Crippen molar-refractivity contribution in [2.75, 3.05) is 40.8 Å². The van der Waals surface area contributed by atoms with E-state index in [9.17, 15) is 14.4 Å². The van der Waals surface area contributed by atoms with Crippen LogP contribution in [0, 0.1) is 0 Å². The Bertz CT molecular complexity index is 418. The molecule has 0 saturated heterocycles. The predicted octanol–water partition coefficient (Wildman–Crippen LogP) is -2.30. The maximum Gasteiger partial charge on any atom is 0.336 e. The molecule has 0 aromatic rings. The lowest BCUT2D eigenvalue weighted by Crippen LogP contribution is -2.18. The summed E-state index contributed by atoms with van der Waals surface area (Å²) < 4.78 is 26.7. The Balaban J connectivity index is 4.71. The zero-order valence-corrected chi connectivity index (χ0v) is 12.5. The van der Waals surface area contributed by atoms with Crippen molar-refractivity contribution < 1.29 is 58.1 Å². The number of hydrogen-bond acceptors (Lipinski definition) is 12. The lowest BCUT2D eigenvalue weighted by Gasteiger charge is -2.09. The highest BCUT2D eigenvalue weighted by atomic mass is 16.7. The number of ether oxygens (including phenoxy) is 6. The molecule has 0 saturated carbocycles. The van der Waals surface area contributed by atoms with E-state index in [2.05, 4.69) is 28.4 Å². The summed E-state index contributed by atoms with van der Waals surface area (Å²) in [6.07, 6.45) is -0.00111. The van der Waals surface area contributed by atoms with Crippen LogP contribution in [0.5, 0.6) is 0 Å². The Kier molecular flexibility index (Phi) is 13.2. The van der Waals surface area contributed by atoms with E-state index in [4.69, 9.17) is 15.3 Å². The van der Waals surface area contributed by atoms with Crippen LogP contribution < -0.4 is 0 Å². The van der Waals surface area contributed by atoms with E-state index in [1.54, 1.807) is 0 Å². The van der Waals surface area contributed by atoms with Crippen molar-refractivity contribution in [1.82, 2.24) is 0 Å². The number of hydrogen-bond donors (Lipinski definition) is 3. The van der Waals surface area contributed by atoms with Crippen LogP contribution in [0.2, 0.25) is 0 Å². The van der Waals surface area contributed by atoms with Gasteiger partial charge in [-0.3, -0.25) is 4.79 Å². The van der Waals surface area contributed by atoms with E-state index in [1.165, 1.54) is 0 Å². The van der Waals surface area contributed by atoms with Crippen LogP contribution in [0.1, 0.15) is 6.42 Å². The maximum absolute atomic E-state index is 11.7. The summed E-state index contributed by atoms with van der Waals surface area (Å²) in [5.41, 5.74) is -0.431. The Hall–Kier alpha value is -2.09. The van der Waals surface area contributed by atoms with Gasteiger partial charge in [-0.15, -0.1) is 0 Å². The average Bonchev–Trinajstić information content (AvgIpc) is 2.55. The summed E-state index contributed by atoms with van der Waals surface area (Å²) in [4.78, 5) is 34.7. The Labute approximate surface area is 136 Å². The van der Waals surface area contributed by atoms with Gasteiger partial charge in [0, 0.05) is 6.08 Å². The lowest BCUT2D eigenvalue weighted by atomic mass is 10.2. The molecule has 138 valence electrons. The van der Waals surface area contributed by atoms with Gasteiger partial charge in [0.2, 0.25) is 0 Å². The van der Waals surface area contributed by atoms with Gasteiger partial charge in [0.25, 0.3) is 0 Å². The Morgan fingerprint density at radius 1 is 0.750 bits per heavy atom. The van der Waals surface area contributed by atoms with E-state index in [1.807, 2.05) is 0 Å². The normalized spacial score (nSPS) is 11.0. The smallest absolute Gasteiger partial charge is 0.336 e. The summed E-state index contributed by atoms with van der Waals surface area (Å²) in [5.74, 6) is -3.09. The second-order valence-electron chi connectivity index (χ2n) is 3.61. The van der Waals surface area contributed by atoms with Crippen LogP contribution in [0.15, 0.2) is 11.6 Å². The van der Waals surface area contributed by atoms with Crippen molar-refractivity contribution >= 4 is 17.9 Å². The zero-order valence-electron chi connectivity index (χ0n) is 12.5. The standard InChI is InChI=1S/C12H18O12/c13-3-19-6-22-10(16)1-9(12(18)24-8-21-5-15)2-11(17)23-7-20-4-14/h1,13-15H,2-8H2/b9-1-. The number of carbonyl (C=O) groups excluding carboxylic acids is 3. The average molecular weight is 354 g/mol.